The molecule has 4 rings (SSSR count). The highest BCUT2D eigenvalue weighted by atomic mass is 32.1. The van der Waals surface area contributed by atoms with E-state index >= 15 is 0 Å². The molecule has 0 amide bonds. The highest BCUT2D eigenvalue weighted by molar-refractivity contribution is 7.09. The van der Waals surface area contributed by atoms with Crippen LogP contribution in [0.4, 0.5) is 11.4 Å². The minimum atomic E-state index is -0.0239. The minimum absolute atomic E-state index is 0.0239. The summed E-state index contributed by atoms with van der Waals surface area (Å²) >= 11 is 1.68. The van der Waals surface area contributed by atoms with Gasteiger partial charge in [0.1, 0.15) is 10.8 Å². The number of thiazole rings is 1. The SMILES string of the molecule is c1ccc2c(c1)N=C(NCc1nccs1)C1(CCCCC1)N2. The quantitative estimate of drug-likeness (QED) is 0.878. The molecule has 2 aliphatic rings. The number of amidine groups is 1. The average Bonchev–Trinajstić information content (AvgIpc) is 3.07. The molecule has 1 spiro atoms. The van der Waals surface area contributed by atoms with Crippen molar-refractivity contribution in [3.05, 3.63) is 40.8 Å². The van der Waals surface area contributed by atoms with Crippen molar-refractivity contribution >= 4 is 28.5 Å². The molecule has 22 heavy (non-hydrogen) atoms. The number of fused-ring (bicyclic) bond motifs is 1. The van der Waals surface area contributed by atoms with Crippen LogP contribution in [0.3, 0.4) is 0 Å². The largest absolute Gasteiger partial charge is 0.371 e. The molecule has 1 fully saturated rings. The number of aliphatic imine (C=N–C) groups is 1. The number of rotatable bonds is 2. The Bertz CT molecular complexity index is 672. The van der Waals surface area contributed by atoms with Crippen molar-refractivity contribution in [2.75, 3.05) is 5.32 Å². The van der Waals surface area contributed by atoms with E-state index in [2.05, 4.69) is 33.8 Å². The van der Waals surface area contributed by atoms with Crippen LogP contribution in [-0.2, 0) is 6.54 Å². The van der Waals surface area contributed by atoms with Gasteiger partial charge in [0.2, 0.25) is 0 Å². The number of para-hydroxylation sites is 2. The summed E-state index contributed by atoms with van der Waals surface area (Å²) in [6.45, 7) is 0.752. The molecule has 0 saturated heterocycles. The second kappa shape index (κ2) is 5.72. The summed E-state index contributed by atoms with van der Waals surface area (Å²) < 4.78 is 0. The van der Waals surface area contributed by atoms with Gasteiger partial charge in [-0.3, -0.25) is 0 Å². The minimum Gasteiger partial charge on any atom is -0.371 e. The van der Waals surface area contributed by atoms with E-state index in [0.717, 1.165) is 41.6 Å². The van der Waals surface area contributed by atoms with Gasteiger partial charge >= 0.3 is 0 Å². The van der Waals surface area contributed by atoms with Crippen molar-refractivity contribution in [3.8, 4) is 0 Å². The summed E-state index contributed by atoms with van der Waals surface area (Å²) in [7, 11) is 0. The van der Waals surface area contributed by atoms with E-state index in [9.17, 15) is 0 Å². The van der Waals surface area contributed by atoms with Gasteiger partial charge in [-0.2, -0.15) is 0 Å². The van der Waals surface area contributed by atoms with Gasteiger partial charge in [-0.1, -0.05) is 31.4 Å². The molecule has 5 heteroatoms. The molecule has 2 aromatic rings. The Balaban J connectivity index is 1.65. The topological polar surface area (TPSA) is 49.3 Å². The third-order valence-electron chi connectivity index (χ3n) is 4.56. The molecule has 0 atom stereocenters. The lowest BCUT2D eigenvalue weighted by atomic mass is 9.79. The van der Waals surface area contributed by atoms with Gasteiger partial charge in [0.05, 0.1) is 23.5 Å². The molecule has 2 N–H and O–H groups in total. The summed E-state index contributed by atoms with van der Waals surface area (Å²) in [5, 5.41) is 10.5. The Labute approximate surface area is 134 Å². The molecule has 1 aromatic heterocycles. The maximum Gasteiger partial charge on any atom is 0.128 e. The van der Waals surface area contributed by atoms with Crippen molar-refractivity contribution in [2.24, 2.45) is 4.99 Å². The fourth-order valence-corrected chi connectivity index (χ4v) is 4.00. The molecule has 114 valence electrons. The predicted molar refractivity (Wildman–Crippen MR) is 91.9 cm³/mol. The Morgan fingerprint density at radius 2 is 2.05 bits per heavy atom. The van der Waals surface area contributed by atoms with Gasteiger partial charge in [-0.05, 0) is 25.0 Å². The molecular weight excluding hydrogens is 292 g/mol. The van der Waals surface area contributed by atoms with Crippen LogP contribution < -0.4 is 10.6 Å². The number of benzene rings is 1. The smallest absolute Gasteiger partial charge is 0.128 e. The summed E-state index contributed by atoms with van der Waals surface area (Å²) in [6.07, 6.45) is 7.98. The number of hydrogen-bond acceptors (Lipinski definition) is 5. The Morgan fingerprint density at radius 1 is 1.18 bits per heavy atom. The maximum absolute atomic E-state index is 4.94. The molecule has 0 bridgehead atoms. The molecule has 1 saturated carbocycles. The molecule has 1 aromatic carbocycles. The van der Waals surface area contributed by atoms with Crippen molar-refractivity contribution < 1.29 is 0 Å². The second-order valence-electron chi connectivity index (χ2n) is 6.02. The van der Waals surface area contributed by atoms with Crippen LogP contribution >= 0.6 is 11.3 Å². The number of hydrogen-bond donors (Lipinski definition) is 2. The summed E-state index contributed by atoms with van der Waals surface area (Å²) in [6, 6.07) is 8.32. The molecule has 0 unspecified atom stereocenters. The number of anilines is 1. The summed E-state index contributed by atoms with van der Waals surface area (Å²) in [4.78, 5) is 9.30. The first-order chi connectivity index (χ1) is 10.9. The van der Waals surface area contributed by atoms with Crippen molar-refractivity contribution in [1.29, 1.82) is 0 Å². The van der Waals surface area contributed by atoms with E-state index in [1.54, 1.807) is 11.3 Å². The monoisotopic (exact) mass is 312 g/mol. The van der Waals surface area contributed by atoms with Crippen LogP contribution in [-0.4, -0.2) is 16.4 Å². The first-order valence-corrected chi connectivity index (χ1v) is 8.82. The number of nitrogens with zero attached hydrogens (tertiary/aromatic N) is 2. The maximum atomic E-state index is 4.94. The van der Waals surface area contributed by atoms with E-state index in [0.29, 0.717) is 0 Å². The molecule has 1 aliphatic carbocycles. The number of nitrogens with one attached hydrogen (secondary N) is 2. The molecule has 0 radical (unpaired) electrons. The highest BCUT2D eigenvalue weighted by Gasteiger charge is 2.40. The van der Waals surface area contributed by atoms with Crippen LogP contribution in [0.5, 0.6) is 0 Å². The zero-order valence-electron chi connectivity index (χ0n) is 12.5. The van der Waals surface area contributed by atoms with Crippen molar-refractivity contribution in [2.45, 2.75) is 44.2 Å². The van der Waals surface area contributed by atoms with Crippen LogP contribution in [0.2, 0.25) is 0 Å². The molecule has 4 nitrogen and oxygen atoms in total. The zero-order chi connectivity index (χ0) is 14.8. The lowest BCUT2D eigenvalue weighted by Gasteiger charge is -2.42. The van der Waals surface area contributed by atoms with E-state index in [4.69, 9.17) is 4.99 Å². The second-order valence-corrected chi connectivity index (χ2v) is 7.00. The van der Waals surface area contributed by atoms with Gasteiger partial charge in [0, 0.05) is 11.6 Å². The first kappa shape index (κ1) is 13.8. The fraction of sp³-hybridized carbons (Fsp3) is 0.412. The normalized spacial score (nSPS) is 19.2. The van der Waals surface area contributed by atoms with Crippen LogP contribution in [0.15, 0.2) is 40.8 Å². The van der Waals surface area contributed by atoms with E-state index in [1.807, 2.05) is 17.6 Å². The van der Waals surface area contributed by atoms with Crippen LogP contribution in [0.25, 0.3) is 0 Å². The molecular formula is C17H20N4S. The van der Waals surface area contributed by atoms with E-state index < -0.39 is 0 Å². The van der Waals surface area contributed by atoms with Crippen LogP contribution in [0, 0.1) is 0 Å². The zero-order valence-corrected chi connectivity index (χ0v) is 13.3. The van der Waals surface area contributed by atoms with Crippen molar-refractivity contribution in [3.63, 3.8) is 0 Å². The van der Waals surface area contributed by atoms with Gasteiger partial charge in [-0.25, -0.2) is 9.98 Å². The Hall–Kier alpha value is -1.88. The van der Waals surface area contributed by atoms with E-state index in [-0.39, 0.29) is 5.54 Å². The van der Waals surface area contributed by atoms with Gasteiger partial charge in [0.15, 0.2) is 0 Å². The van der Waals surface area contributed by atoms with Gasteiger partial charge in [-0.15, -0.1) is 11.3 Å². The van der Waals surface area contributed by atoms with Gasteiger partial charge < -0.3 is 10.6 Å². The van der Waals surface area contributed by atoms with E-state index in [1.165, 1.54) is 19.3 Å². The lowest BCUT2D eigenvalue weighted by Crippen LogP contribution is -2.54. The standard InChI is InChI=1S/C17H20N4S/c1-4-8-17(9-5-1)16(19-12-15-18-10-11-22-15)20-13-6-2-3-7-14(13)21-17/h2-3,6-7,10-11,21H,1,4-5,8-9,12H2,(H,19,20). The van der Waals surface area contributed by atoms with Crippen LogP contribution in [0.1, 0.15) is 37.1 Å². The summed E-state index contributed by atoms with van der Waals surface area (Å²) in [5.74, 6) is 1.08. The first-order valence-electron chi connectivity index (χ1n) is 7.94. The lowest BCUT2D eigenvalue weighted by molar-refractivity contribution is 0.396. The van der Waals surface area contributed by atoms with Gasteiger partial charge in [0.25, 0.3) is 0 Å². The molecule has 2 heterocycles. The Kier molecular flexibility index (Phi) is 3.58. The predicted octanol–water partition coefficient (Wildman–Crippen LogP) is 4.09. The Morgan fingerprint density at radius 3 is 2.86 bits per heavy atom. The third-order valence-corrected chi connectivity index (χ3v) is 5.34. The molecule has 1 aliphatic heterocycles. The highest BCUT2D eigenvalue weighted by Crippen LogP contribution is 2.40. The fourth-order valence-electron chi connectivity index (χ4n) is 3.45. The summed E-state index contributed by atoms with van der Waals surface area (Å²) in [5.41, 5.74) is 2.16. The average molecular weight is 312 g/mol. The number of aromatic nitrogens is 1. The van der Waals surface area contributed by atoms with Crippen molar-refractivity contribution in [1.82, 2.24) is 10.3 Å². The third kappa shape index (κ3) is 2.50.